The van der Waals surface area contributed by atoms with Gasteiger partial charge in [0.15, 0.2) is 0 Å². The van der Waals surface area contributed by atoms with Gasteiger partial charge < -0.3 is 0 Å². The molecule has 0 bridgehead atoms. The van der Waals surface area contributed by atoms with E-state index in [0.29, 0.717) is 15.9 Å². The summed E-state index contributed by atoms with van der Waals surface area (Å²) in [5, 5.41) is 1.01. The summed E-state index contributed by atoms with van der Waals surface area (Å²) in [5.74, 6) is 1.09. The Balaban J connectivity index is 2.36. The molecule has 0 N–H and O–H groups in total. The molecule has 1 heterocycles. The van der Waals surface area contributed by atoms with Crippen molar-refractivity contribution in [3.05, 3.63) is 57.3 Å². The van der Waals surface area contributed by atoms with Crippen molar-refractivity contribution in [1.82, 2.24) is 9.55 Å². The van der Waals surface area contributed by atoms with Crippen LogP contribution in [0, 0.1) is 13.8 Å². The van der Waals surface area contributed by atoms with Crippen LogP contribution in [0.2, 0.25) is 10.0 Å². The highest BCUT2D eigenvalue weighted by atomic mass is 35.5. The number of aryl methyl sites for hydroxylation is 2. The predicted octanol–water partition coefficient (Wildman–Crippen LogP) is 5.69. The van der Waals surface area contributed by atoms with Crippen molar-refractivity contribution in [3.8, 4) is 5.69 Å². The molecular formula is C16H13Cl3N2. The number of benzene rings is 2. The number of hydrogen-bond acceptors (Lipinski definition) is 1. The second-order valence-electron chi connectivity index (χ2n) is 5.10. The van der Waals surface area contributed by atoms with Gasteiger partial charge in [-0.2, -0.15) is 0 Å². The summed E-state index contributed by atoms with van der Waals surface area (Å²) < 4.78 is 2.03. The first kappa shape index (κ1) is 14.7. The Labute approximate surface area is 138 Å². The number of fused-ring (bicyclic) bond motifs is 1. The predicted molar refractivity (Wildman–Crippen MR) is 90.1 cm³/mol. The summed E-state index contributed by atoms with van der Waals surface area (Å²) in [6, 6.07) is 9.94. The Bertz CT molecular complexity index is 817. The minimum absolute atomic E-state index is 0.316. The molecule has 0 unspecified atom stereocenters. The third kappa shape index (κ3) is 2.64. The van der Waals surface area contributed by atoms with Crippen LogP contribution in [-0.4, -0.2) is 9.55 Å². The second-order valence-corrected chi connectivity index (χ2v) is 6.18. The molecule has 0 aliphatic heterocycles. The Hall–Kier alpha value is -1.22. The molecule has 108 valence electrons. The molecule has 0 saturated heterocycles. The van der Waals surface area contributed by atoms with E-state index < -0.39 is 0 Å². The van der Waals surface area contributed by atoms with Crippen LogP contribution in [0.5, 0.6) is 0 Å². The van der Waals surface area contributed by atoms with E-state index in [1.54, 1.807) is 6.07 Å². The fourth-order valence-electron chi connectivity index (χ4n) is 2.58. The van der Waals surface area contributed by atoms with Crippen LogP contribution < -0.4 is 0 Å². The molecule has 0 atom stereocenters. The summed E-state index contributed by atoms with van der Waals surface area (Å²) in [4.78, 5) is 4.56. The standard InChI is InChI=1S/C16H13Cl3N2/c1-9-3-10(2)5-11(4-9)21-15-7-13(19)12(18)6-14(15)20-16(21)8-17/h3-7H,8H2,1-2H3. The maximum absolute atomic E-state index is 6.16. The van der Waals surface area contributed by atoms with Crippen LogP contribution in [0.4, 0.5) is 0 Å². The van der Waals surface area contributed by atoms with Crippen LogP contribution in [0.25, 0.3) is 16.7 Å². The van der Waals surface area contributed by atoms with Gasteiger partial charge in [-0.25, -0.2) is 4.98 Å². The molecule has 5 heteroatoms. The van der Waals surface area contributed by atoms with Gasteiger partial charge in [-0.1, -0.05) is 29.3 Å². The van der Waals surface area contributed by atoms with Crippen molar-refractivity contribution in [2.24, 2.45) is 0 Å². The summed E-state index contributed by atoms with van der Waals surface area (Å²) >= 11 is 18.3. The van der Waals surface area contributed by atoms with E-state index in [-0.39, 0.29) is 0 Å². The maximum Gasteiger partial charge on any atom is 0.129 e. The number of nitrogens with zero attached hydrogens (tertiary/aromatic N) is 2. The summed E-state index contributed by atoms with van der Waals surface area (Å²) in [7, 11) is 0. The van der Waals surface area contributed by atoms with Crippen molar-refractivity contribution in [3.63, 3.8) is 0 Å². The van der Waals surface area contributed by atoms with Crippen molar-refractivity contribution in [2.45, 2.75) is 19.7 Å². The second kappa shape index (κ2) is 5.53. The van der Waals surface area contributed by atoms with E-state index in [1.165, 1.54) is 11.1 Å². The van der Waals surface area contributed by atoms with Gasteiger partial charge in [-0.15, -0.1) is 11.6 Å². The Morgan fingerprint density at radius 1 is 0.952 bits per heavy atom. The van der Waals surface area contributed by atoms with Crippen molar-refractivity contribution < 1.29 is 0 Å². The summed E-state index contributed by atoms with van der Waals surface area (Å²) in [6.45, 7) is 4.14. The first-order valence-corrected chi connectivity index (χ1v) is 7.79. The average molecular weight is 340 g/mol. The monoisotopic (exact) mass is 338 g/mol. The first-order valence-electron chi connectivity index (χ1n) is 6.50. The van der Waals surface area contributed by atoms with Crippen LogP contribution in [0.3, 0.4) is 0 Å². The molecule has 1 aromatic heterocycles. The number of rotatable bonds is 2. The molecule has 0 spiro atoms. The number of alkyl halides is 1. The highest BCUT2D eigenvalue weighted by Gasteiger charge is 2.14. The maximum atomic E-state index is 6.16. The summed E-state index contributed by atoms with van der Waals surface area (Å²) in [6.07, 6.45) is 0. The number of imidazole rings is 1. The molecule has 0 aliphatic carbocycles. The topological polar surface area (TPSA) is 17.8 Å². The van der Waals surface area contributed by atoms with Gasteiger partial charge in [0, 0.05) is 5.69 Å². The zero-order chi connectivity index (χ0) is 15.1. The van der Waals surface area contributed by atoms with Gasteiger partial charge >= 0.3 is 0 Å². The van der Waals surface area contributed by atoms with Crippen LogP contribution in [0.1, 0.15) is 17.0 Å². The number of halogens is 3. The lowest BCUT2D eigenvalue weighted by Crippen LogP contribution is -2.00. The van der Waals surface area contributed by atoms with E-state index in [4.69, 9.17) is 34.8 Å². The largest absolute Gasteiger partial charge is 0.295 e. The Kier molecular flexibility index (Phi) is 3.87. The minimum atomic E-state index is 0.316. The SMILES string of the molecule is Cc1cc(C)cc(-n2c(CCl)nc3cc(Cl)c(Cl)cc32)c1. The number of hydrogen-bond donors (Lipinski definition) is 0. The van der Waals surface area contributed by atoms with Gasteiger partial charge in [-0.3, -0.25) is 4.57 Å². The van der Waals surface area contributed by atoms with Gasteiger partial charge in [-0.05, 0) is 49.2 Å². The fraction of sp³-hybridized carbons (Fsp3) is 0.188. The normalized spacial score (nSPS) is 11.3. The number of aromatic nitrogens is 2. The van der Waals surface area contributed by atoms with E-state index >= 15 is 0 Å². The van der Waals surface area contributed by atoms with Gasteiger partial charge in [0.1, 0.15) is 5.82 Å². The lowest BCUT2D eigenvalue weighted by atomic mass is 10.1. The molecule has 0 radical (unpaired) electrons. The third-order valence-electron chi connectivity index (χ3n) is 3.35. The zero-order valence-electron chi connectivity index (χ0n) is 11.6. The molecule has 21 heavy (non-hydrogen) atoms. The fourth-order valence-corrected chi connectivity index (χ4v) is 3.08. The average Bonchev–Trinajstić information content (AvgIpc) is 2.75. The van der Waals surface area contributed by atoms with E-state index in [1.807, 2.05) is 10.6 Å². The molecule has 0 aliphatic rings. The summed E-state index contributed by atoms with van der Waals surface area (Å²) in [5.41, 5.74) is 5.10. The van der Waals surface area contributed by atoms with Crippen molar-refractivity contribution in [1.29, 1.82) is 0 Å². The van der Waals surface area contributed by atoms with E-state index in [2.05, 4.69) is 37.0 Å². The third-order valence-corrected chi connectivity index (χ3v) is 4.31. The van der Waals surface area contributed by atoms with Crippen LogP contribution >= 0.6 is 34.8 Å². The van der Waals surface area contributed by atoms with E-state index in [0.717, 1.165) is 22.5 Å². The van der Waals surface area contributed by atoms with Gasteiger partial charge in [0.2, 0.25) is 0 Å². The molecule has 3 aromatic rings. The molecule has 3 rings (SSSR count). The molecular weight excluding hydrogens is 327 g/mol. The molecule has 2 nitrogen and oxygen atoms in total. The van der Waals surface area contributed by atoms with Gasteiger partial charge in [0.05, 0.1) is 27.0 Å². The Morgan fingerprint density at radius 2 is 1.57 bits per heavy atom. The quantitative estimate of drug-likeness (QED) is 0.549. The van der Waals surface area contributed by atoms with Crippen LogP contribution in [-0.2, 0) is 5.88 Å². The highest BCUT2D eigenvalue weighted by Crippen LogP contribution is 2.31. The van der Waals surface area contributed by atoms with Crippen LogP contribution in [0.15, 0.2) is 30.3 Å². The Morgan fingerprint density at radius 3 is 2.19 bits per heavy atom. The molecule has 0 amide bonds. The highest BCUT2D eigenvalue weighted by molar-refractivity contribution is 6.42. The lowest BCUT2D eigenvalue weighted by Gasteiger charge is -2.10. The minimum Gasteiger partial charge on any atom is -0.295 e. The first-order chi connectivity index (χ1) is 9.99. The lowest BCUT2D eigenvalue weighted by molar-refractivity contribution is 0.978. The molecule has 2 aromatic carbocycles. The van der Waals surface area contributed by atoms with Crippen molar-refractivity contribution >= 4 is 45.8 Å². The van der Waals surface area contributed by atoms with Crippen molar-refractivity contribution in [2.75, 3.05) is 0 Å². The molecule has 0 fully saturated rings. The van der Waals surface area contributed by atoms with Gasteiger partial charge in [0.25, 0.3) is 0 Å². The molecule has 0 saturated carbocycles. The van der Waals surface area contributed by atoms with E-state index in [9.17, 15) is 0 Å². The zero-order valence-corrected chi connectivity index (χ0v) is 13.9. The smallest absolute Gasteiger partial charge is 0.129 e.